The number of ether oxygens (including phenoxy) is 1. The molecule has 3 aliphatic rings. The summed E-state index contributed by atoms with van der Waals surface area (Å²) in [6, 6.07) is 17.8. The van der Waals surface area contributed by atoms with E-state index in [0.717, 1.165) is 59.1 Å². The third-order valence-electron chi connectivity index (χ3n) is 14.1. The van der Waals surface area contributed by atoms with Crippen LogP contribution < -0.4 is 11.4 Å². The Morgan fingerprint density at radius 2 is 1.66 bits per heavy atom. The highest BCUT2D eigenvalue weighted by molar-refractivity contribution is 5.84. The normalized spacial score (nSPS) is 21.3. The summed E-state index contributed by atoms with van der Waals surface area (Å²) in [7, 11) is 1.88. The number of aliphatic hydroxyl groups excluding tert-OH is 1. The van der Waals surface area contributed by atoms with Gasteiger partial charge in [-0.1, -0.05) is 25.1 Å². The molecular weight excluding hydrogens is 792 g/mol. The number of aromatic nitrogens is 9. The summed E-state index contributed by atoms with van der Waals surface area (Å²) in [5, 5.41) is 28.4. The Kier molecular flexibility index (Phi) is 8.76. The van der Waals surface area contributed by atoms with Crippen molar-refractivity contribution in [1.82, 2.24) is 48.3 Å². The molecule has 62 heavy (non-hydrogen) atoms. The average Bonchev–Trinajstić information content (AvgIpc) is 3.99. The molecule has 3 unspecified atom stereocenters. The van der Waals surface area contributed by atoms with Crippen molar-refractivity contribution in [2.24, 2.45) is 18.9 Å². The van der Waals surface area contributed by atoms with Crippen molar-refractivity contribution in [3.63, 3.8) is 0 Å². The number of benzene rings is 3. The minimum Gasteiger partial charge on any atom is -0.381 e. The molecule has 1 aliphatic carbocycles. The number of imidazole rings is 1. The molecule has 11 rings (SSSR count). The molecule has 2 aliphatic heterocycles. The van der Waals surface area contributed by atoms with Crippen LogP contribution in [0, 0.1) is 31.5 Å². The highest BCUT2D eigenvalue weighted by Crippen LogP contribution is 2.61. The molecule has 7 heterocycles. The van der Waals surface area contributed by atoms with Gasteiger partial charge in [0.2, 0.25) is 0 Å². The molecule has 2 N–H and O–H groups in total. The maximum absolute atomic E-state index is 15.1. The van der Waals surface area contributed by atoms with Crippen LogP contribution in [0.1, 0.15) is 78.3 Å². The zero-order valence-corrected chi connectivity index (χ0v) is 35.2. The number of aromatic amines is 1. The molecule has 3 atom stereocenters. The van der Waals surface area contributed by atoms with Crippen LogP contribution >= 0.6 is 0 Å². The lowest BCUT2D eigenvalue weighted by atomic mass is 9.91. The van der Waals surface area contributed by atoms with Crippen molar-refractivity contribution in [3.8, 4) is 17.2 Å². The monoisotopic (exact) mass is 838 g/mol. The molecule has 0 spiro atoms. The maximum Gasteiger partial charge on any atom is 0.438 e. The van der Waals surface area contributed by atoms with Gasteiger partial charge in [-0.25, -0.2) is 18.7 Å². The van der Waals surface area contributed by atoms with Crippen LogP contribution in [0.25, 0.3) is 39.0 Å². The third kappa shape index (κ3) is 5.69. The summed E-state index contributed by atoms with van der Waals surface area (Å²) in [6.07, 6.45) is 6.48. The number of aryl methyl sites for hydroxylation is 3. The van der Waals surface area contributed by atoms with E-state index in [1.54, 1.807) is 63.1 Å². The Labute approximate surface area is 354 Å². The zero-order valence-electron chi connectivity index (χ0n) is 35.2. The molecular formula is C46H47FN10O5. The van der Waals surface area contributed by atoms with Gasteiger partial charge >= 0.3 is 11.4 Å². The van der Waals surface area contributed by atoms with Gasteiger partial charge in [-0.15, -0.1) is 0 Å². The quantitative estimate of drug-likeness (QED) is 0.186. The van der Waals surface area contributed by atoms with Crippen molar-refractivity contribution in [1.29, 1.82) is 0 Å². The van der Waals surface area contributed by atoms with Gasteiger partial charge in [0.1, 0.15) is 23.4 Å². The number of nitrogens with zero attached hydrogens (tertiary/aromatic N) is 9. The number of fused-ring (bicyclic) bond motifs is 3. The minimum atomic E-state index is -1.11. The number of halogens is 1. The molecule has 3 aromatic carbocycles. The average molecular weight is 839 g/mol. The molecule has 0 radical (unpaired) electrons. The molecule has 15 nitrogen and oxygen atoms in total. The smallest absolute Gasteiger partial charge is 0.381 e. The number of hydrogen-bond donors (Lipinski definition) is 2. The van der Waals surface area contributed by atoms with Crippen molar-refractivity contribution in [3.05, 3.63) is 140 Å². The van der Waals surface area contributed by atoms with E-state index in [4.69, 9.17) is 14.4 Å². The first-order valence-corrected chi connectivity index (χ1v) is 21.3. The summed E-state index contributed by atoms with van der Waals surface area (Å²) in [5.41, 5.74) is 6.42. The highest BCUT2D eigenvalue weighted by Gasteiger charge is 2.66. The van der Waals surface area contributed by atoms with Gasteiger partial charge in [-0.2, -0.15) is 10.2 Å². The molecule has 1 saturated carbocycles. The predicted octanol–water partition coefficient (Wildman–Crippen LogP) is 6.06. The van der Waals surface area contributed by atoms with E-state index < -0.39 is 17.5 Å². The van der Waals surface area contributed by atoms with Crippen LogP contribution in [0.3, 0.4) is 0 Å². The summed E-state index contributed by atoms with van der Waals surface area (Å²) in [4.78, 5) is 31.9. The van der Waals surface area contributed by atoms with Gasteiger partial charge in [0.25, 0.3) is 0 Å². The Balaban J connectivity index is 1.04. The van der Waals surface area contributed by atoms with Crippen molar-refractivity contribution >= 4 is 21.8 Å². The standard InChI is InChI=1S/C46H47FN10O5/c1-25-18-34(19-26(2)40(25)47)57-41(55-15-14-54(45(55)60)33-7-9-37-32(21-33)23-48-52(37)5)35-24-53(13-10-36(35)50-57)42(58)39-22-31-20-30(29-11-16-61-17-12-29)6-8-38(31)56(39)46(27(3)28(46)4)43-49-44(59)62-51-43/h6-9,14-15,18-23,27-29,42,58H,10-13,16-17,24H2,1-5H3,(H,49,51,59). The van der Waals surface area contributed by atoms with E-state index in [9.17, 15) is 14.7 Å². The van der Waals surface area contributed by atoms with E-state index >= 15 is 4.39 Å². The Morgan fingerprint density at radius 1 is 0.919 bits per heavy atom. The third-order valence-corrected chi connectivity index (χ3v) is 14.1. The molecule has 1 saturated heterocycles. The first-order chi connectivity index (χ1) is 29.9. The fourth-order valence-electron chi connectivity index (χ4n) is 10.5. The summed E-state index contributed by atoms with van der Waals surface area (Å²) >= 11 is 0. The predicted molar refractivity (Wildman–Crippen MR) is 229 cm³/mol. The fourth-order valence-corrected chi connectivity index (χ4v) is 10.5. The van der Waals surface area contributed by atoms with Crippen LogP contribution in [-0.2, 0) is 30.3 Å². The minimum absolute atomic E-state index is 0.0511. The summed E-state index contributed by atoms with van der Waals surface area (Å²) in [6.45, 7) is 9.85. The second kappa shape index (κ2) is 14.1. The zero-order chi connectivity index (χ0) is 42.8. The lowest BCUT2D eigenvalue weighted by Gasteiger charge is -2.33. The molecule has 318 valence electrons. The SMILES string of the molecule is Cc1cc(-n2nc3c(c2-n2ccn(-c4ccc5c(cnn5C)c4)c2=O)CN(C(O)c2cc4cc(C5CCOCC5)ccc4n2C2(c4noc(=O)[nH]4)C(C)C2C)CC3)cc(C)c1F. The number of hydrogen-bond acceptors (Lipinski definition) is 9. The van der Waals surface area contributed by atoms with Gasteiger partial charge in [0.05, 0.1) is 34.5 Å². The van der Waals surface area contributed by atoms with E-state index in [1.165, 1.54) is 5.56 Å². The topological polar surface area (TPSA) is 159 Å². The van der Waals surface area contributed by atoms with Gasteiger partial charge in [0.15, 0.2) is 5.82 Å². The lowest BCUT2D eigenvalue weighted by Crippen LogP contribution is -2.37. The van der Waals surface area contributed by atoms with Crippen LogP contribution in [0.5, 0.6) is 0 Å². The van der Waals surface area contributed by atoms with Crippen molar-refractivity contribution in [2.75, 3.05) is 19.8 Å². The van der Waals surface area contributed by atoms with E-state index in [1.807, 2.05) is 30.1 Å². The molecule has 0 amide bonds. The van der Waals surface area contributed by atoms with Gasteiger partial charge in [-0.3, -0.25) is 28.2 Å². The Hall–Kier alpha value is -6.36. The van der Waals surface area contributed by atoms with Crippen molar-refractivity contribution in [2.45, 2.75) is 71.2 Å². The van der Waals surface area contributed by atoms with Crippen molar-refractivity contribution < 1.29 is 18.8 Å². The maximum atomic E-state index is 15.1. The largest absolute Gasteiger partial charge is 0.438 e. The number of H-pyrrole nitrogens is 1. The first kappa shape index (κ1) is 38.6. The van der Waals surface area contributed by atoms with Crippen LogP contribution in [-0.4, -0.2) is 73.2 Å². The lowest BCUT2D eigenvalue weighted by molar-refractivity contribution is -0.0144. The number of nitrogens with one attached hydrogen (secondary N) is 1. The van der Waals surface area contributed by atoms with E-state index in [-0.39, 0.29) is 29.9 Å². The molecule has 16 heteroatoms. The van der Waals surface area contributed by atoms with E-state index in [2.05, 4.69) is 57.9 Å². The first-order valence-electron chi connectivity index (χ1n) is 21.3. The second-order valence-electron chi connectivity index (χ2n) is 17.4. The Morgan fingerprint density at radius 3 is 2.39 bits per heavy atom. The molecule has 2 fully saturated rings. The summed E-state index contributed by atoms with van der Waals surface area (Å²) in [5.74, 6) is 0.472. The van der Waals surface area contributed by atoms with Crippen LogP contribution in [0.15, 0.2) is 87.3 Å². The van der Waals surface area contributed by atoms with Gasteiger partial charge in [-0.05, 0) is 110 Å². The Bertz CT molecular complexity index is 3160. The summed E-state index contributed by atoms with van der Waals surface area (Å²) < 4.78 is 34.7. The number of rotatable bonds is 8. The molecule has 8 aromatic rings. The highest BCUT2D eigenvalue weighted by atomic mass is 19.1. The molecule has 5 aromatic heterocycles. The molecule has 0 bridgehead atoms. The van der Waals surface area contributed by atoms with E-state index in [0.29, 0.717) is 58.7 Å². The van der Waals surface area contributed by atoms with Crippen LogP contribution in [0.2, 0.25) is 0 Å². The number of aliphatic hydroxyl groups is 1. The fraction of sp³-hybridized carbons (Fsp3) is 0.370. The van der Waals surface area contributed by atoms with Crippen LogP contribution in [0.4, 0.5) is 4.39 Å². The van der Waals surface area contributed by atoms with Gasteiger partial charge in [0, 0.05) is 74.0 Å². The second-order valence-corrected chi connectivity index (χ2v) is 17.4. The van der Waals surface area contributed by atoms with Gasteiger partial charge < -0.3 is 14.4 Å².